The summed E-state index contributed by atoms with van der Waals surface area (Å²) in [5.74, 6) is 0.887. The molecule has 0 unspecified atom stereocenters. The maximum Gasteiger partial charge on any atom is 0.243 e. The highest BCUT2D eigenvalue weighted by Crippen LogP contribution is 2.44. The van der Waals surface area contributed by atoms with Crippen molar-refractivity contribution in [2.45, 2.75) is 83.8 Å². The van der Waals surface area contributed by atoms with Crippen molar-refractivity contribution in [3.05, 3.63) is 72.3 Å². The van der Waals surface area contributed by atoms with Gasteiger partial charge in [-0.3, -0.25) is 0 Å². The van der Waals surface area contributed by atoms with Gasteiger partial charge in [-0.2, -0.15) is 4.31 Å². The Labute approximate surface area is 300 Å². The molecule has 5 N–H and O–H groups in total. The molecular weight excluding hydrogens is 695 g/mol. The number of piperidine rings is 1. The summed E-state index contributed by atoms with van der Waals surface area (Å²) in [6.07, 6.45) is 2.83. The van der Waals surface area contributed by atoms with Gasteiger partial charge in [0, 0.05) is 36.8 Å². The van der Waals surface area contributed by atoms with E-state index >= 15 is 0 Å². The van der Waals surface area contributed by atoms with Crippen LogP contribution in [0.25, 0.3) is 11.1 Å². The minimum atomic E-state index is -3.79. The zero-order valence-corrected chi connectivity index (χ0v) is 31.0. The summed E-state index contributed by atoms with van der Waals surface area (Å²) in [6, 6.07) is 18.9. The van der Waals surface area contributed by atoms with Crippen molar-refractivity contribution in [2.24, 2.45) is 5.73 Å². The number of ether oxygens (including phenoxy) is 3. The van der Waals surface area contributed by atoms with E-state index in [2.05, 4.69) is 5.32 Å². The lowest BCUT2D eigenvalue weighted by atomic mass is 9.88. The molecule has 2 atom stereocenters. The van der Waals surface area contributed by atoms with Crippen molar-refractivity contribution in [1.82, 2.24) is 9.62 Å². The molecule has 1 spiro atoms. The molecule has 6 rings (SSSR count). The number of nitrogens with zero attached hydrogens (tertiary/aromatic N) is 1. The van der Waals surface area contributed by atoms with Gasteiger partial charge in [-0.25, -0.2) is 16.8 Å². The number of nitrogens with two attached hydrogens (primary N) is 1. The molecule has 0 amide bonds. The summed E-state index contributed by atoms with van der Waals surface area (Å²) < 4.78 is 71.1. The van der Waals surface area contributed by atoms with Gasteiger partial charge in [0.25, 0.3) is 0 Å². The Morgan fingerprint density at radius 2 is 1.71 bits per heavy atom. The van der Waals surface area contributed by atoms with Crippen LogP contribution in [0.15, 0.2) is 76.5 Å². The Kier molecular flexibility index (Phi) is 10.6. The molecule has 2 aliphatic heterocycles. The van der Waals surface area contributed by atoms with E-state index in [-0.39, 0.29) is 34.5 Å². The third-order valence-corrected chi connectivity index (χ3v) is 14.9. The lowest BCUT2D eigenvalue weighted by molar-refractivity contribution is -0.0312. The van der Waals surface area contributed by atoms with Crippen LogP contribution in [0.4, 0.5) is 0 Å². The van der Waals surface area contributed by atoms with E-state index in [0.717, 1.165) is 24.0 Å². The van der Waals surface area contributed by atoms with Crippen LogP contribution in [0.1, 0.15) is 51.5 Å². The average molecular weight is 744 g/mol. The minimum Gasteiger partial charge on any atom is -0.496 e. The van der Waals surface area contributed by atoms with Crippen LogP contribution in [0.3, 0.4) is 0 Å². The molecule has 278 valence electrons. The maximum atomic E-state index is 13.8. The van der Waals surface area contributed by atoms with Crippen molar-refractivity contribution >= 4 is 19.9 Å². The van der Waals surface area contributed by atoms with E-state index in [1.807, 2.05) is 24.3 Å². The number of methoxy groups -OCH3 is 1. The molecule has 0 aromatic heterocycles. The standard InChI is InChI=1S/C37H49N3O9S2/c1-35(2,25-41)50(43,44)31-6-4-5-30(19-31)48-24-29(42)22-39-28-21-36(49-23-28)15-17-40(18-16-36)51(45,46)32-11-12-34(47-3)33(20-32)26-7-9-27(10-8-26)37(38)13-14-37/h4-12,19-20,28-29,39,41-42H,13-18,21-25,38H2,1-3H3/t28-,29-/m0/s1. The number of hydrogen-bond acceptors (Lipinski definition) is 11. The van der Waals surface area contributed by atoms with Crippen molar-refractivity contribution < 1.29 is 41.3 Å². The maximum absolute atomic E-state index is 13.8. The van der Waals surface area contributed by atoms with E-state index in [9.17, 15) is 27.0 Å². The fraction of sp³-hybridized carbons (Fsp3) is 0.514. The highest BCUT2D eigenvalue weighted by molar-refractivity contribution is 7.92. The summed E-state index contributed by atoms with van der Waals surface area (Å²) in [6.45, 7) is 3.65. The van der Waals surface area contributed by atoms with Gasteiger partial charge in [-0.05, 0) is 93.5 Å². The van der Waals surface area contributed by atoms with Crippen LogP contribution < -0.4 is 20.5 Å². The fourth-order valence-corrected chi connectivity index (χ4v) is 9.58. The molecule has 1 aliphatic carbocycles. The molecule has 12 nitrogen and oxygen atoms in total. The number of aliphatic hydroxyl groups is 2. The van der Waals surface area contributed by atoms with Crippen LogP contribution in [0.2, 0.25) is 0 Å². The van der Waals surface area contributed by atoms with Gasteiger partial charge in [0.1, 0.15) is 24.2 Å². The van der Waals surface area contributed by atoms with E-state index in [1.165, 1.54) is 30.3 Å². The number of aliphatic hydroxyl groups excluding tert-OH is 2. The fourth-order valence-electron chi connectivity index (χ4n) is 6.77. The first-order chi connectivity index (χ1) is 24.1. The second-order valence-corrected chi connectivity index (χ2v) is 19.2. The Hall–Kier alpha value is -3.08. The molecule has 0 radical (unpaired) electrons. The third-order valence-electron chi connectivity index (χ3n) is 10.5. The molecule has 3 aromatic rings. The predicted octanol–water partition coefficient (Wildman–Crippen LogP) is 3.20. The topological polar surface area (TPSA) is 178 Å². The summed E-state index contributed by atoms with van der Waals surface area (Å²) in [7, 11) is -6.00. The third kappa shape index (κ3) is 7.84. The second-order valence-electron chi connectivity index (χ2n) is 14.7. The normalized spacial score (nSPS) is 21.0. The van der Waals surface area contributed by atoms with Gasteiger partial charge in [0.15, 0.2) is 9.84 Å². The number of nitrogens with one attached hydrogen (secondary N) is 1. The Morgan fingerprint density at radius 3 is 2.35 bits per heavy atom. The van der Waals surface area contributed by atoms with Gasteiger partial charge in [-0.1, -0.05) is 30.3 Å². The van der Waals surface area contributed by atoms with Gasteiger partial charge in [-0.15, -0.1) is 0 Å². The molecule has 14 heteroatoms. The molecule has 2 saturated heterocycles. The zero-order valence-electron chi connectivity index (χ0n) is 29.4. The lowest BCUT2D eigenvalue weighted by Crippen LogP contribution is -2.47. The molecule has 3 aliphatic rings. The SMILES string of the molecule is COc1ccc(S(=O)(=O)N2CCC3(CC2)C[C@H](NC[C@H](O)COc2cccc(S(=O)(=O)C(C)(C)CO)c2)CO3)cc1-c1ccc(C2(N)CC2)cc1. The van der Waals surface area contributed by atoms with Crippen LogP contribution in [0, 0.1) is 0 Å². The summed E-state index contributed by atoms with van der Waals surface area (Å²) in [5, 5.41) is 23.5. The molecule has 2 heterocycles. The molecule has 3 aromatic carbocycles. The van der Waals surface area contributed by atoms with Crippen molar-refractivity contribution in [1.29, 1.82) is 0 Å². The monoisotopic (exact) mass is 743 g/mol. The molecule has 1 saturated carbocycles. The first kappa shape index (κ1) is 37.7. The van der Waals surface area contributed by atoms with E-state index in [1.54, 1.807) is 37.4 Å². The van der Waals surface area contributed by atoms with Gasteiger partial charge in [0.05, 0.1) is 40.5 Å². The zero-order chi connectivity index (χ0) is 36.7. The Morgan fingerprint density at radius 1 is 1.00 bits per heavy atom. The molecule has 51 heavy (non-hydrogen) atoms. The number of sulfonamides is 1. The van der Waals surface area contributed by atoms with Gasteiger partial charge >= 0.3 is 0 Å². The van der Waals surface area contributed by atoms with Crippen LogP contribution in [-0.4, -0.2) is 100 Å². The summed E-state index contributed by atoms with van der Waals surface area (Å²) >= 11 is 0. The van der Waals surface area contributed by atoms with Crippen LogP contribution in [0.5, 0.6) is 11.5 Å². The second kappa shape index (κ2) is 14.4. The first-order valence-electron chi connectivity index (χ1n) is 17.3. The highest BCUT2D eigenvalue weighted by Gasteiger charge is 2.45. The van der Waals surface area contributed by atoms with Crippen LogP contribution in [-0.2, 0) is 30.1 Å². The van der Waals surface area contributed by atoms with E-state index < -0.39 is 42.9 Å². The molecule has 3 fully saturated rings. The van der Waals surface area contributed by atoms with Crippen molar-refractivity contribution in [3.8, 4) is 22.6 Å². The molecule has 0 bridgehead atoms. The Balaban J connectivity index is 1.00. The number of hydrogen-bond donors (Lipinski definition) is 4. The van der Waals surface area contributed by atoms with Gasteiger partial charge < -0.3 is 35.5 Å². The Bertz CT molecular complexity index is 1920. The first-order valence-corrected chi connectivity index (χ1v) is 20.3. The number of benzene rings is 3. The average Bonchev–Trinajstić information content (AvgIpc) is 3.77. The van der Waals surface area contributed by atoms with Crippen LogP contribution >= 0.6 is 0 Å². The highest BCUT2D eigenvalue weighted by atomic mass is 32.2. The molecular formula is C37H49N3O9S2. The summed E-state index contributed by atoms with van der Waals surface area (Å²) in [5.41, 5.74) is 8.28. The smallest absolute Gasteiger partial charge is 0.243 e. The minimum absolute atomic E-state index is 0.0263. The number of rotatable bonds is 14. The lowest BCUT2D eigenvalue weighted by Gasteiger charge is -2.38. The van der Waals surface area contributed by atoms with E-state index in [0.29, 0.717) is 56.0 Å². The summed E-state index contributed by atoms with van der Waals surface area (Å²) in [4.78, 5) is 0.244. The largest absolute Gasteiger partial charge is 0.496 e. The quantitative estimate of drug-likeness (QED) is 0.191. The van der Waals surface area contributed by atoms with Crippen molar-refractivity contribution in [2.75, 3.05) is 46.6 Å². The van der Waals surface area contributed by atoms with Crippen molar-refractivity contribution in [3.63, 3.8) is 0 Å². The van der Waals surface area contributed by atoms with E-state index in [4.69, 9.17) is 19.9 Å². The predicted molar refractivity (Wildman–Crippen MR) is 193 cm³/mol. The number of sulfone groups is 1. The van der Waals surface area contributed by atoms with Gasteiger partial charge in [0.2, 0.25) is 10.0 Å².